The third-order valence-corrected chi connectivity index (χ3v) is 3.07. The summed E-state index contributed by atoms with van der Waals surface area (Å²) < 4.78 is 10.7. The highest BCUT2D eigenvalue weighted by Gasteiger charge is 2.10. The molecule has 0 fully saturated rings. The van der Waals surface area contributed by atoms with Gasteiger partial charge in [-0.3, -0.25) is 0 Å². The average molecular weight is 274 g/mol. The number of hydrogen-bond acceptors (Lipinski definition) is 3. The van der Waals surface area contributed by atoms with Crippen LogP contribution in [0.1, 0.15) is 22.3 Å². The van der Waals surface area contributed by atoms with Crippen molar-refractivity contribution >= 4 is 16.7 Å². The molecule has 0 saturated carbocycles. The molecule has 0 aliphatic carbocycles. The van der Waals surface area contributed by atoms with E-state index in [1.165, 1.54) is 0 Å². The van der Waals surface area contributed by atoms with Gasteiger partial charge in [-0.25, -0.2) is 4.79 Å². The van der Waals surface area contributed by atoms with E-state index in [9.17, 15) is 4.79 Å². The molecule has 0 aliphatic rings. The number of fused-ring (bicyclic) bond motifs is 1. The zero-order valence-electron chi connectivity index (χ0n) is 11.7. The molecule has 0 aliphatic heterocycles. The Balaban J connectivity index is 2.37. The summed E-state index contributed by atoms with van der Waals surface area (Å²) in [7, 11) is 1.64. The quantitative estimate of drug-likeness (QED) is 0.821. The lowest BCUT2D eigenvalue weighted by Crippen LogP contribution is -2.03. The van der Waals surface area contributed by atoms with Gasteiger partial charge in [0.2, 0.25) is 0 Å². The normalized spacial score (nSPS) is 10.7. The first-order valence-corrected chi connectivity index (χ1v) is 6.51. The molecule has 0 heterocycles. The van der Waals surface area contributed by atoms with Crippen LogP contribution in [0, 0.1) is 6.92 Å². The Labute approximate surface area is 117 Å². The summed E-state index contributed by atoms with van der Waals surface area (Å²) in [6, 6.07) is 9.13. The number of carboxylic acids is 1. The summed E-state index contributed by atoms with van der Waals surface area (Å²) in [6.07, 6.45) is 0.765. The van der Waals surface area contributed by atoms with Gasteiger partial charge in [-0.05, 0) is 30.5 Å². The molecule has 0 atom stereocenters. The van der Waals surface area contributed by atoms with Gasteiger partial charge in [0.15, 0.2) is 0 Å². The maximum Gasteiger partial charge on any atom is 0.335 e. The van der Waals surface area contributed by atoms with E-state index in [4.69, 9.17) is 14.6 Å². The van der Waals surface area contributed by atoms with Gasteiger partial charge in [0.1, 0.15) is 5.75 Å². The number of benzene rings is 2. The summed E-state index contributed by atoms with van der Waals surface area (Å²) in [4.78, 5) is 11.2. The monoisotopic (exact) mass is 274 g/mol. The van der Waals surface area contributed by atoms with Gasteiger partial charge < -0.3 is 14.6 Å². The van der Waals surface area contributed by atoms with E-state index in [0.717, 1.165) is 22.8 Å². The van der Waals surface area contributed by atoms with Gasteiger partial charge in [-0.1, -0.05) is 17.7 Å². The lowest BCUT2D eigenvalue weighted by Gasteiger charge is -2.11. The van der Waals surface area contributed by atoms with Crippen molar-refractivity contribution in [2.75, 3.05) is 20.3 Å². The molecule has 0 unspecified atom stereocenters. The molecule has 2 rings (SSSR count). The van der Waals surface area contributed by atoms with Crippen molar-refractivity contribution in [3.05, 3.63) is 41.5 Å². The van der Waals surface area contributed by atoms with Crippen LogP contribution in [0.25, 0.3) is 10.8 Å². The van der Waals surface area contributed by atoms with Crippen molar-refractivity contribution in [2.45, 2.75) is 13.3 Å². The number of carboxylic acid groups (broad SMARTS) is 1. The Morgan fingerprint density at radius 3 is 2.70 bits per heavy atom. The van der Waals surface area contributed by atoms with Crippen LogP contribution in [0.4, 0.5) is 0 Å². The first-order valence-electron chi connectivity index (χ1n) is 6.51. The summed E-state index contributed by atoms with van der Waals surface area (Å²) in [5.74, 6) is -0.339. The molecule has 106 valence electrons. The number of ether oxygens (including phenoxy) is 2. The first-order chi connectivity index (χ1) is 9.61. The number of aromatic carboxylic acids is 1. The molecule has 2 aromatic carbocycles. The van der Waals surface area contributed by atoms with Crippen molar-refractivity contribution in [3.8, 4) is 5.75 Å². The summed E-state index contributed by atoms with van der Waals surface area (Å²) >= 11 is 0. The molecule has 0 radical (unpaired) electrons. The van der Waals surface area contributed by atoms with Crippen LogP contribution in [0.3, 0.4) is 0 Å². The largest absolute Gasteiger partial charge is 0.493 e. The Kier molecular flexibility index (Phi) is 4.58. The zero-order valence-corrected chi connectivity index (χ0v) is 11.7. The second kappa shape index (κ2) is 6.39. The second-order valence-electron chi connectivity index (χ2n) is 4.70. The van der Waals surface area contributed by atoms with Gasteiger partial charge in [0.25, 0.3) is 0 Å². The van der Waals surface area contributed by atoms with Crippen LogP contribution in [-0.2, 0) is 4.74 Å². The van der Waals surface area contributed by atoms with E-state index in [-0.39, 0.29) is 5.56 Å². The van der Waals surface area contributed by atoms with Crippen LogP contribution in [-0.4, -0.2) is 31.4 Å². The Morgan fingerprint density at radius 1 is 1.20 bits per heavy atom. The predicted molar refractivity (Wildman–Crippen MR) is 77.6 cm³/mol. The van der Waals surface area contributed by atoms with Crippen LogP contribution in [0.15, 0.2) is 30.3 Å². The molecule has 1 N–H and O–H groups in total. The van der Waals surface area contributed by atoms with E-state index in [2.05, 4.69) is 0 Å². The molecule has 2 aromatic rings. The fraction of sp³-hybridized carbons (Fsp3) is 0.312. The smallest absolute Gasteiger partial charge is 0.335 e. The van der Waals surface area contributed by atoms with Crippen molar-refractivity contribution in [2.24, 2.45) is 0 Å². The zero-order chi connectivity index (χ0) is 14.5. The van der Waals surface area contributed by atoms with Crippen molar-refractivity contribution < 1.29 is 19.4 Å². The molecule has 0 aromatic heterocycles. The van der Waals surface area contributed by atoms with Crippen LogP contribution < -0.4 is 4.74 Å². The topological polar surface area (TPSA) is 55.8 Å². The fourth-order valence-corrected chi connectivity index (χ4v) is 2.07. The minimum absolute atomic E-state index is 0.239. The minimum Gasteiger partial charge on any atom is -0.493 e. The molecular formula is C16H18O4. The fourth-order valence-electron chi connectivity index (χ4n) is 2.07. The Morgan fingerprint density at radius 2 is 2.00 bits per heavy atom. The van der Waals surface area contributed by atoms with Gasteiger partial charge in [0, 0.05) is 25.5 Å². The van der Waals surface area contributed by atoms with E-state index >= 15 is 0 Å². The van der Waals surface area contributed by atoms with Crippen molar-refractivity contribution in [3.63, 3.8) is 0 Å². The minimum atomic E-state index is -0.950. The van der Waals surface area contributed by atoms with Crippen LogP contribution >= 0.6 is 0 Å². The lowest BCUT2D eigenvalue weighted by atomic mass is 10.0. The number of hydrogen-bond donors (Lipinski definition) is 1. The highest BCUT2D eigenvalue weighted by molar-refractivity contribution is 5.97. The molecule has 0 amide bonds. The molecular weight excluding hydrogens is 256 g/mol. The van der Waals surface area contributed by atoms with E-state index in [1.807, 2.05) is 25.1 Å². The summed E-state index contributed by atoms with van der Waals surface area (Å²) in [5, 5.41) is 11.0. The Bertz CT molecular complexity index is 619. The van der Waals surface area contributed by atoms with Gasteiger partial charge in [-0.15, -0.1) is 0 Å². The molecule has 4 nitrogen and oxygen atoms in total. The third-order valence-electron chi connectivity index (χ3n) is 3.07. The van der Waals surface area contributed by atoms with Gasteiger partial charge in [-0.2, -0.15) is 0 Å². The van der Waals surface area contributed by atoms with E-state index in [0.29, 0.717) is 19.0 Å². The average Bonchev–Trinajstić information content (AvgIpc) is 2.43. The summed E-state index contributed by atoms with van der Waals surface area (Å²) in [5.41, 5.74) is 1.35. The highest BCUT2D eigenvalue weighted by atomic mass is 16.5. The third kappa shape index (κ3) is 3.27. The molecule has 4 heteroatoms. The number of methoxy groups -OCH3 is 1. The predicted octanol–water partition coefficient (Wildman–Crippen LogP) is 3.26. The van der Waals surface area contributed by atoms with Gasteiger partial charge >= 0.3 is 5.97 Å². The van der Waals surface area contributed by atoms with Crippen LogP contribution in [0.5, 0.6) is 5.75 Å². The Hall–Kier alpha value is -2.07. The molecule has 0 bridgehead atoms. The van der Waals surface area contributed by atoms with Gasteiger partial charge in [0.05, 0.1) is 12.2 Å². The van der Waals surface area contributed by atoms with Crippen molar-refractivity contribution in [1.82, 2.24) is 0 Å². The van der Waals surface area contributed by atoms with Crippen molar-refractivity contribution in [1.29, 1.82) is 0 Å². The SMILES string of the molecule is COCCCOc1cc(C(=O)O)cc2ccc(C)cc12. The van der Waals surface area contributed by atoms with Crippen LogP contribution in [0.2, 0.25) is 0 Å². The standard InChI is InChI=1S/C16H18O4/c1-11-4-5-12-9-13(16(17)18)10-15(14(12)8-11)20-7-3-6-19-2/h4-5,8-10H,3,6-7H2,1-2H3,(H,17,18). The molecule has 0 spiro atoms. The van der Waals surface area contributed by atoms with E-state index < -0.39 is 5.97 Å². The molecule has 0 saturated heterocycles. The molecule has 20 heavy (non-hydrogen) atoms. The highest BCUT2D eigenvalue weighted by Crippen LogP contribution is 2.29. The van der Waals surface area contributed by atoms with E-state index in [1.54, 1.807) is 19.2 Å². The number of aryl methyl sites for hydroxylation is 1. The second-order valence-corrected chi connectivity index (χ2v) is 4.70. The number of carbonyl (C=O) groups is 1. The first kappa shape index (κ1) is 14.3. The number of rotatable bonds is 6. The lowest BCUT2D eigenvalue weighted by molar-refractivity contribution is 0.0696. The maximum absolute atomic E-state index is 11.2. The summed E-state index contributed by atoms with van der Waals surface area (Å²) in [6.45, 7) is 3.12. The maximum atomic E-state index is 11.2.